The molecule has 3 aromatic rings. The van der Waals surface area contributed by atoms with E-state index in [1.807, 2.05) is 0 Å². The number of carbonyl (C=O) groups excluding carboxylic acids is 1. The highest BCUT2D eigenvalue weighted by Crippen LogP contribution is 2.18. The first-order valence-corrected chi connectivity index (χ1v) is 10.6. The summed E-state index contributed by atoms with van der Waals surface area (Å²) in [5, 5.41) is 3.25. The quantitative estimate of drug-likeness (QED) is 0.635. The topological polar surface area (TPSA) is 64.0 Å². The molecule has 0 atom stereocenters. The average Bonchev–Trinajstić information content (AvgIpc) is 2.69. The Balaban J connectivity index is 1.61. The summed E-state index contributed by atoms with van der Waals surface area (Å²) in [6.45, 7) is 0.764. The molecule has 1 aliphatic rings. The van der Waals surface area contributed by atoms with Crippen molar-refractivity contribution in [2.75, 3.05) is 0 Å². The molecule has 1 N–H and O–H groups in total. The average molecular weight is 458 g/mol. The summed E-state index contributed by atoms with van der Waals surface area (Å²) in [6.07, 6.45) is 5.02. The second-order valence-electron chi connectivity index (χ2n) is 7.30. The molecule has 0 saturated carbocycles. The third-order valence-electron chi connectivity index (χ3n) is 5.28. The van der Waals surface area contributed by atoms with Crippen molar-refractivity contribution >= 4 is 32.7 Å². The molecule has 0 radical (unpaired) electrons. The van der Waals surface area contributed by atoms with Gasteiger partial charge < -0.3 is 5.32 Å². The number of hydrogen-bond acceptors (Lipinski definition) is 3. The van der Waals surface area contributed by atoms with E-state index in [1.54, 1.807) is 34.9 Å². The molecule has 4 rings (SSSR count). The number of carbonyl (C=O) groups is 1. The van der Waals surface area contributed by atoms with Gasteiger partial charge in [-0.25, -0.2) is 9.37 Å². The first kappa shape index (κ1) is 19.8. The molecule has 1 amide bonds. The van der Waals surface area contributed by atoms with Crippen LogP contribution in [0.15, 0.2) is 45.7 Å². The Hall–Kier alpha value is -2.54. The number of hydrogen-bond donors (Lipinski definition) is 1. The third-order valence-corrected chi connectivity index (χ3v) is 5.77. The van der Waals surface area contributed by atoms with Crippen LogP contribution in [0.2, 0.25) is 0 Å². The van der Waals surface area contributed by atoms with Crippen molar-refractivity contribution in [2.24, 2.45) is 0 Å². The zero-order valence-electron chi connectivity index (χ0n) is 15.9. The lowest BCUT2D eigenvalue weighted by Crippen LogP contribution is -2.27. The number of nitrogens with one attached hydrogen (secondary N) is 1. The number of aromatic nitrogens is 2. The van der Waals surface area contributed by atoms with Crippen LogP contribution in [0.25, 0.3) is 10.9 Å². The van der Waals surface area contributed by atoms with Gasteiger partial charge in [0.05, 0.1) is 10.9 Å². The lowest BCUT2D eigenvalue weighted by atomic mass is 10.1. The predicted octanol–water partition coefficient (Wildman–Crippen LogP) is 4.34. The summed E-state index contributed by atoms with van der Waals surface area (Å²) in [5.74, 6) is 0.0798. The van der Waals surface area contributed by atoms with E-state index in [-0.39, 0.29) is 23.8 Å². The monoisotopic (exact) mass is 457 g/mol. The fourth-order valence-electron chi connectivity index (χ4n) is 3.69. The molecular formula is C22H21BrFN3O2. The van der Waals surface area contributed by atoms with Crippen LogP contribution in [0.5, 0.6) is 0 Å². The Bertz CT molecular complexity index is 1140. The lowest BCUT2D eigenvalue weighted by molar-refractivity contribution is 0.0950. The van der Waals surface area contributed by atoms with Gasteiger partial charge in [0.2, 0.25) is 0 Å². The zero-order valence-corrected chi connectivity index (χ0v) is 17.5. The SMILES string of the molecule is O=C(NCc1cc(Br)ccc1F)c1ccc2c(=O)n3c(nc2c1)CCCCCC3. The van der Waals surface area contributed by atoms with E-state index in [9.17, 15) is 14.0 Å². The summed E-state index contributed by atoms with van der Waals surface area (Å²) in [6, 6.07) is 9.52. The highest BCUT2D eigenvalue weighted by atomic mass is 79.9. The molecule has 2 aromatic carbocycles. The highest BCUT2D eigenvalue weighted by molar-refractivity contribution is 9.10. The maximum atomic E-state index is 13.9. The molecular weight excluding hydrogens is 437 g/mol. The van der Waals surface area contributed by atoms with Crippen molar-refractivity contribution in [3.63, 3.8) is 0 Å². The van der Waals surface area contributed by atoms with Crippen molar-refractivity contribution in [2.45, 2.75) is 45.2 Å². The van der Waals surface area contributed by atoms with Gasteiger partial charge >= 0.3 is 0 Å². The standard InChI is InChI=1S/C22H21BrFN3O2/c23-16-7-9-18(24)15(11-16)13-25-21(28)14-6-8-17-19(12-14)26-20-5-3-1-2-4-10-27(20)22(17)29/h6-9,11-12H,1-5,10,13H2,(H,25,28). The number of aryl methyl sites for hydroxylation is 1. The van der Waals surface area contributed by atoms with E-state index >= 15 is 0 Å². The molecule has 0 spiro atoms. The van der Waals surface area contributed by atoms with Crippen molar-refractivity contribution in [1.82, 2.24) is 14.9 Å². The Morgan fingerprint density at radius 2 is 1.97 bits per heavy atom. The zero-order chi connectivity index (χ0) is 20.4. The van der Waals surface area contributed by atoms with Gasteiger partial charge in [-0.15, -0.1) is 0 Å². The van der Waals surface area contributed by atoms with Gasteiger partial charge in [0.25, 0.3) is 11.5 Å². The minimum absolute atomic E-state index is 0.0462. The number of halogens is 2. The van der Waals surface area contributed by atoms with E-state index in [1.165, 1.54) is 6.07 Å². The molecule has 29 heavy (non-hydrogen) atoms. The molecule has 0 fully saturated rings. The van der Waals surface area contributed by atoms with Crippen LogP contribution in [0, 0.1) is 5.82 Å². The summed E-state index contributed by atoms with van der Waals surface area (Å²) in [5.41, 5.74) is 1.28. The van der Waals surface area contributed by atoms with E-state index in [0.29, 0.717) is 28.6 Å². The number of benzene rings is 2. The number of amides is 1. The van der Waals surface area contributed by atoms with Gasteiger partial charge in [-0.05, 0) is 49.2 Å². The summed E-state index contributed by atoms with van der Waals surface area (Å²) in [7, 11) is 0. The smallest absolute Gasteiger partial charge is 0.261 e. The van der Waals surface area contributed by atoms with E-state index in [0.717, 1.165) is 42.4 Å². The second kappa shape index (κ2) is 8.45. The van der Waals surface area contributed by atoms with Gasteiger partial charge in [0.1, 0.15) is 11.6 Å². The van der Waals surface area contributed by atoms with Gasteiger partial charge in [-0.2, -0.15) is 0 Å². The van der Waals surface area contributed by atoms with Crippen LogP contribution < -0.4 is 10.9 Å². The van der Waals surface area contributed by atoms with Crippen molar-refractivity contribution < 1.29 is 9.18 Å². The number of fused-ring (bicyclic) bond motifs is 2. The predicted molar refractivity (Wildman–Crippen MR) is 113 cm³/mol. The molecule has 0 saturated heterocycles. The molecule has 5 nitrogen and oxygen atoms in total. The number of rotatable bonds is 3. The van der Waals surface area contributed by atoms with Crippen LogP contribution in [0.3, 0.4) is 0 Å². The summed E-state index contributed by atoms with van der Waals surface area (Å²) in [4.78, 5) is 30.1. The Kier molecular flexibility index (Phi) is 5.76. The molecule has 1 aromatic heterocycles. The number of nitrogens with zero attached hydrogens (tertiary/aromatic N) is 2. The van der Waals surface area contributed by atoms with Crippen LogP contribution >= 0.6 is 15.9 Å². The van der Waals surface area contributed by atoms with Crippen molar-refractivity contribution in [3.8, 4) is 0 Å². The molecule has 1 aliphatic heterocycles. The molecule has 7 heteroatoms. The van der Waals surface area contributed by atoms with Gasteiger partial charge in [-0.1, -0.05) is 28.8 Å². The Labute approximate surface area is 176 Å². The fourth-order valence-corrected chi connectivity index (χ4v) is 4.10. The van der Waals surface area contributed by atoms with Gasteiger partial charge in [-0.3, -0.25) is 14.2 Å². The first-order chi connectivity index (χ1) is 14.0. The maximum Gasteiger partial charge on any atom is 0.261 e. The van der Waals surface area contributed by atoms with Gasteiger partial charge in [0.15, 0.2) is 0 Å². The van der Waals surface area contributed by atoms with E-state index < -0.39 is 0 Å². The maximum absolute atomic E-state index is 13.9. The lowest BCUT2D eigenvalue weighted by Gasteiger charge is -2.16. The van der Waals surface area contributed by atoms with E-state index in [4.69, 9.17) is 0 Å². The van der Waals surface area contributed by atoms with Crippen LogP contribution in [0.4, 0.5) is 4.39 Å². The third kappa shape index (κ3) is 4.24. The minimum Gasteiger partial charge on any atom is -0.348 e. The van der Waals surface area contributed by atoms with Crippen molar-refractivity contribution in [3.05, 3.63) is 74.0 Å². The molecule has 0 bridgehead atoms. The summed E-state index contributed by atoms with van der Waals surface area (Å²) >= 11 is 3.30. The normalized spacial score (nSPS) is 14.1. The van der Waals surface area contributed by atoms with Crippen LogP contribution in [-0.2, 0) is 19.5 Å². The molecule has 0 unspecified atom stereocenters. The van der Waals surface area contributed by atoms with Crippen molar-refractivity contribution in [1.29, 1.82) is 0 Å². The molecule has 2 heterocycles. The fraction of sp³-hybridized carbons (Fsp3) is 0.318. The largest absolute Gasteiger partial charge is 0.348 e. The molecule has 0 aliphatic carbocycles. The second-order valence-corrected chi connectivity index (χ2v) is 8.22. The Morgan fingerprint density at radius 1 is 1.14 bits per heavy atom. The van der Waals surface area contributed by atoms with Crippen LogP contribution in [0.1, 0.15) is 47.4 Å². The van der Waals surface area contributed by atoms with Crippen LogP contribution in [-0.4, -0.2) is 15.5 Å². The molecule has 150 valence electrons. The first-order valence-electron chi connectivity index (χ1n) is 9.78. The van der Waals surface area contributed by atoms with Gasteiger partial charge in [0, 0.05) is 35.1 Å². The Morgan fingerprint density at radius 3 is 2.83 bits per heavy atom. The minimum atomic E-state index is -0.375. The highest BCUT2D eigenvalue weighted by Gasteiger charge is 2.15. The summed E-state index contributed by atoms with van der Waals surface area (Å²) < 4.78 is 16.4. The van der Waals surface area contributed by atoms with E-state index in [2.05, 4.69) is 26.2 Å².